The number of rotatable bonds is 5. The topological polar surface area (TPSA) is 97.5 Å². The van der Waals surface area contributed by atoms with Crippen LogP contribution in [0.1, 0.15) is 11.5 Å². The average molecular weight is 445 g/mol. The third-order valence-electron chi connectivity index (χ3n) is 4.70. The molecular formula is C17H15BrClNO4S. The molecule has 1 fully saturated rings. The molecule has 1 aliphatic carbocycles. The number of aliphatic carboxylic acids is 1. The van der Waals surface area contributed by atoms with Gasteiger partial charge < -0.3 is 10.8 Å². The fourth-order valence-electron chi connectivity index (χ4n) is 3.36. The lowest BCUT2D eigenvalue weighted by Gasteiger charge is -2.10. The maximum atomic E-state index is 13.1. The van der Waals surface area contributed by atoms with Crippen LogP contribution in [0.25, 0.3) is 0 Å². The van der Waals surface area contributed by atoms with E-state index < -0.39 is 32.4 Å². The summed E-state index contributed by atoms with van der Waals surface area (Å²) in [7, 11) is -3.89. The number of carboxylic acids is 1. The van der Waals surface area contributed by atoms with Crippen LogP contribution in [0.2, 0.25) is 5.02 Å². The summed E-state index contributed by atoms with van der Waals surface area (Å²) in [5.74, 6) is -1.91. The zero-order valence-electron chi connectivity index (χ0n) is 12.9. The van der Waals surface area contributed by atoms with Crippen molar-refractivity contribution in [1.29, 1.82) is 0 Å². The highest BCUT2D eigenvalue weighted by Crippen LogP contribution is 2.63. The van der Waals surface area contributed by atoms with Crippen molar-refractivity contribution < 1.29 is 18.3 Å². The Labute approximate surface area is 158 Å². The Morgan fingerprint density at radius 1 is 1.16 bits per heavy atom. The van der Waals surface area contributed by atoms with Gasteiger partial charge in [0.25, 0.3) is 0 Å². The van der Waals surface area contributed by atoms with E-state index in [4.69, 9.17) is 17.3 Å². The van der Waals surface area contributed by atoms with Gasteiger partial charge in [-0.05, 0) is 42.0 Å². The maximum Gasteiger partial charge on any atom is 0.312 e. The highest BCUT2D eigenvalue weighted by molar-refractivity contribution is 9.10. The zero-order chi connectivity index (χ0) is 18.4. The second-order valence-electron chi connectivity index (χ2n) is 6.00. The van der Waals surface area contributed by atoms with Gasteiger partial charge in [0.05, 0.1) is 10.1 Å². The molecule has 0 aromatic heterocycles. The normalized spacial score (nSPS) is 25.6. The molecule has 1 saturated carbocycles. The molecule has 1 aliphatic rings. The molecule has 0 spiro atoms. The van der Waals surface area contributed by atoms with Crippen LogP contribution in [-0.4, -0.2) is 31.3 Å². The third kappa shape index (κ3) is 2.89. The number of nitrogens with two attached hydrogens (primary N) is 1. The van der Waals surface area contributed by atoms with Gasteiger partial charge in [0, 0.05) is 22.0 Å². The van der Waals surface area contributed by atoms with Crippen molar-refractivity contribution in [3.05, 3.63) is 63.6 Å². The summed E-state index contributed by atoms with van der Waals surface area (Å²) in [6.45, 7) is -0.263. The fraction of sp³-hybridized carbons (Fsp3) is 0.235. The first kappa shape index (κ1) is 18.4. The van der Waals surface area contributed by atoms with Gasteiger partial charge in [0.1, 0.15) is 5.41 Å². The number of halogens is 2. The number of carbonyl (C=O) groups is 1. The minimum Gasteiger partial charge on any atom is -0.481 e. The molecule has 0 amide bonds. The molecule has 3 N–H and O–H groups in total. The number of carboxylic acid groups (broad SMARTS) is 1. The molecule has 3 atom stereocenters. The Balaban J connectivity index is 2.10. The van der Waals surface area contributed by atoms with Crippen LogP contribution >= 0.6 is 27.5 Å². The van der Waals surface area contributed by atoms with Crippen molar-refractivity contribution in [3.63, 3.8) is 0 Å². The smallest absolute Gasteiger partial charge is 0.312 e. The molecule has 5 nitrogen and oxygen atoms in total. The Kier molecular flexibility index (Phi) is 4.70. The number of hydrogen-bond acceptors (Lipinski definition) is 4. The van der Waals surface area contributed by atoms with E-state index in [0.29, 0.717) is 10.6 Å². The molecule has 132 valence electrons. The van der Waals surface area contributed by atoms with Gasteiger partial charge in [0.2, 0.25) is 0 Å². The first-order valence-corrected chi connectivity index (χ1v) is 10.2. The van der Waals surface area contributed by atoms with Gasteiger partial charge in [-0.2, -0.15) is 0 Å². The molecule has 25 heavy (non-hydrogen) atoms. The predicted octanol–water partition coefficient (Wildman–Crippen LogP) is 3.07. The van der Waals surface area contributed by atoms with E-state index in [-0.39, 0.29) is 11.4 Å². The monoisotopic (exact) mass is 443 g/mol. The Morgan fingerprint density at radius 3 is 2.20 bits per heavy atom. The van der Waals surface area contributed by atoms with E-state index in [1.807, 2.05) is 0 Å². The second-order valence-corrected chi connectivity index (χ2v) is 9.42. The summed E-state index contributed by atoms with van der Waals surface area (Å²) in [4.78, 5) is 12.0. The van der Waals surface area contributed by atoms with Gasteiger partial charge in [-0.1, -0.05) is 39.7 Å². The molecule has 0 aliphatic heterocycles. The molecule has 2 aromatic carbocycles. The molecule has 3 rings (SSSR count). The van der Waals surface area contributed by atoms with Crippen molar-refractivity contribution >= 4 is 43.3 Å². The lowest BCUT2D eigenvalue weighted by molar-refractivity contribution is -0.143. The van der Waals surface area contributed by atoms with E-state index in [2.05, 4.69) is 15.9 Å². The summed E-state index contributed by atoms with van der Waals surface area (Å²) in [6, 6.07) is 12.7. The van der Waals surface area contributed by atoms with E-state index in [0.717, 1.165) is 4.47 Å². The lowest BCUT2D eigenvalue weighted by Crippen LogP contribution is -2.31. The largest absolute Gasteiger partial charge is 0.481 e. The van der Waals surface area contributed by atoms with Crippen LogP contribution in [-0.2, 0) is 14.6 Å². The van der Waals surface area contributed by atoms with E-state index >= 15 is 0 Å². The molecule has 2 aromatic rings. The van der Waals surface area contributed by atoms with Crippen molar-refractivity contribution in [1.82, 2.24) is 0 Å². The van der Waals surface area contributed by atoms with Crippen LogP contribution in [0.5, 0.6) is 0 Å². The fourth-order valence-corrected chi connectivity index (χ4v) is 6.14. The summed E-state index contributed by atoms with van der Waals surface area (Å²) in [5, 5.41) is 9.02. The molecule has 0 radical (unpaired) electrons. The van der Waals surface area contributed by atoms with Gasteiger partial charge in [-0.15, -0.1) is 0 Å². The summed E-state index contributed by atoms with van der Waals surface area (Å²) in [5.41, 5.74) is 4.84. The molecule has 8 heteroatoms. The van der Waals surface area contributed by atoms with Crippen LogP contribution in [0, 0.1) is 5.41 Å². The van der Waals surface area contributed by atoms with E-state index in [1.54, 1.807) is 24.3 Å². The minimum atomic E-state index is -3.89. The molecule has 0 heterocycles. The van der Waals surface area contributed by atoms with E-state index in [9.17, 15) is 18.3 Å². The Morgan fingerprint density at radius 2 is 1.72 bits per heavy atom. The average Bonchev–Trinajstić information content (AvgIpc) is 3.27. The van der Waals surface area contributed by atoms with Crippen molar-refractivity contribution in [2.45, 2.75) is 16.1 Å². The van der Waals surface area contributed by atoms with Gasteiger partial charge >= 0.3 is 5.97 Å². The van der Waals surface area contributed by atoms with Crippen LogP contribution < -0.4 is 5.73 Å². The molecule has 0 unspecified atom stereocenters. The van der Waals surface area contributed by atoms with Gasteiger partial charge in [0.15, 0.2) is 9.84 Å². The Bertz CT molecular complexity index is 915. The lowest BCUT2D eigenvalue weighted by atomic mass is 9.99. The standard InChI is InChI=1S/C17H15BrClNO4S/c18-11-3-1-10(2-4-11)14-15(17(14,9-20)16(21)22)25(23,24)13-7-5-12(19)6-8-13/h1-8,14-15H,9,20H2,(H,21,22)/t14-,15-,17+/m0/s1. The highest BCUT2D eigenvalue weighted by atomic mass is 79.9. The van der Waals surface area contributed by atoms with Gasteiger partial charge in [-0.3, -0.25) is 4.79 Å². The van der Waals surface area contributed by atoms with Crippen LogP contribution in [0.4, 0.5) is 0 Å². The number of sulfone groups is 1. The zero-order valence-corrected chi connectivity index (χ0v) is 16.1. The van der Waals surface area contributed by atoms with Crippen molar-refractivity contribution in [3.8, 4) is 0 Å². The van der Waals surface area contributed by atoms with Crippen LogP contribution in [0.3, 0.4) is 0 Å². The summed E-state index contributed by atoms with van der Waals surface area (Å²) < 4.78 is 27.0. The first-order chi connectivity index (χ1) is 11.7. The first-order valence-electron chi connectivity index (χ1n) is 7.43. The number of hydrogen-bond donors (Lipinski definition) is 2. The summed E-state index contributed by atoms with van der Waals surface area (Å²) >= 11 is 9.13. The van der Waals surface area contributed by atoms with Crippen molar-refractivity contribution in [2.75, 3.05) is 6.54 Å². The molecule has 0 bridgehead atoms. The van der Waals surface area contributed by atoms with Gasteiger partial charge in [-0.25, -0.2) is 8.42 Å². The van der Waals surface area contributed by atoms with E-state index in [1.165, 1.54) is 24.3 Å². The Hall–Kier alpha value is -1.41. The van der Waals surface area contributed by atoms with Crippen molar-refractivity contribution in [2.24, 2.45) is 11.1 Å². The SMILES string of the molecule is NC[C@@]1(C(=O)O)[C@@H](c2ccc(Br)cc2)[C@@H]1S(=O)(=O)c1ccc(Cl)cc1. The third-order valence-corrected chi connectivity index (χ3v) is 7.77. The quantitative estimate of drug-likeness (QED) is 0.738. The number of benzene rings is 2. The predicted molar refractivity (Wildman–Crippen MR) is 98.4 cm³/mol. The molecule has 0 saturated heterocycles. The summed E-state index contributed by atoms with van der Waals surface area (Å²) in [6.07, 6.45) is 0. The maximum absolute atomic E-state index is 13.1. The minimum absolute atomic E-state index is 0.0422. The second kappa shape index (κ2) is 6.39. The highest BCUT2D eigenvalue weighted by Gasteiger charge is 2.75. The van der Waals surface area contributed by atoms with Crippen LogP contribution in [0.15, 0.2) is 57.9 Å². The molecular weight excluding hydrogens is 430 g/mol.